The highest BCUT2D eigenvalue weighted by molar-refractivity contribution is 7.92. The average Bonchev–Trinajstić information content (AvgIpc) is 2.74. The van der Waals surface area contributed by atoms with E-state index in [1.165, 1.54) is 25.3 Å². The van der Waals surface area contributed by atoms with Gasteiger partial charge in [-0.05, 0) is 67.9 Å². The van der Waals surface area contributed by atoms with Crippen molar-refractivity contribution in [3.05, 3.63) is 76.8 Å². The third-order valence-corrected chi connectivity index (χ3v) is 6.23. The van der Waals surface area contributed by atoms with E-state index >= 15 is 0 Å². The molecule has 0 saturated heterocycles. The molecular formula is C23H23ClN2O5S. The van der Waals surface area contributed by atoms with E-state index in [2.05, 4.69) is 10.0 Å². The molecule has 7 nitrogen and oxygen atoms in total. The maximum atomic E-state index is 12.7. The lowest BCUT2D eigenvalue weighted by molar-refractivity contribution is -0.118. The molecule has 0 heterocycles. The maximum absolute atomic E-state index is 12.7. The average molecular weight is 475 g/mol. The normalized spacial score (nSPS) is 11.0. The standard InChI is InChI=1S/C23H23ClN2O5S/c1-15-4-6-17(7-5-15)26-32(28,29)19-9-11-21(16(2)12-19)31-14-23(27)25-18-8-10-22(30-3)20(24)13-18/h4-13,26H,14H2,1-3H3,(H,25,27). The number of carbonyl (C=O) groups excluding carboxylic acids is 1. The number of amides is 1. The van der Waals surface area contributed by atoms with Crippen LogP contribution in [0.3, 0.4) is 0 Å². The molecule has 0 saturated carbocycles. The van der Waals surface area contributed by atoms with Gasteiger partial charge < -0.3 is 14.8 Å². The first-order valence-electron chi connectivity index (χ1n) is 9.64. The minimum Gasteiger partial charge on any atom is -0.495 e. The van der Waals surface area contributed by atoms with Gasteiger partial charge in [0.25, 0.3) is 15.9 Å². The molecule has 3 rings (SSSR count). The van der Waals surface area contributed by atoms with E-state index in [1.54, 1.807) is 37.3 Å². The molecule has 3 aromatic rings. The lowest BCUT2D eigenvalue weighted by atomic mass is 10.2. The van der Waals surface area contributed by atoms with Crippen molar-refractivity contribution >= 4 is 38.9 Å². The van der Waals surface area contributed by atoms with Crippen LogP contribution in [0, 0.1) is 13.8 Å². The van der Waals surface area contributed by atoms with Gasteiger partial charge >= 0.3 is 0 Å². The Balaban J connectivity index is 1.63. The van der Waals surface area contributed by atoms with Crippen LogP contribution < -0.4 is 19.5 Å². The van der Waals surface area contributed by atoms with Gasteiger partial charge in [0.2, 0.25) is 0 Å². The molecule has 0 aliphatic heterocycles. The Labute approximate surface area is 192 Å². The molecule has 9 heteroatoms. The summed E-state index contributed by atoms with van der Waals surface area (Å²) in [5.41, 5.74) is 2.59. The molecule has 0 bridgehead atoms. The van der Waals surface area contributed by atoms with Crippen LogP contribution in [0.2, 0.25) is 5.02 Å². The van der Waals surface area contributed by atoms with Gasteiger partial charge in [-0.15, -0.1) is 0 Å². The van der Waals surface area contributed by atoms with Crippen molar-refractivity contribution in [2.24, 2.45) is 0 Å². The summed E-state index contributed by atoms with van der Waals surface area (Å²) in [6.07, 6.45) is 0. The van der Waals surface area contributed by atoms with E-state index < -0.39 is 10.0 Å². The lowest BCUT2D eigenvalue weighted by Crippen LogP contribution is -2.20. The Hall–Kier alpha value is -3.23. The van der Waals surface area contributed by atoms with Crippen molar-refractivity contribution in [2.75, 3.05) is 23.8 Å². The van der Waals surface area contributed by atoms with Crippen molar-refractivity contribution in [3.8, 4) is 11.5 Å². The number of nitrogens with one attached hydrogen (secondary N) is 2. The van der Waals surface area contributed by atoms with Crippen molar-refractivity contribution in [2.45, 2.75) is 18.7 Å². The van der Waals surface area contributed by atoms with E-state index in [9.17, 15) is 13.2 Å². The zero-order valence-corrected chi connectivity index (χ0v) is 19.4. The summed E-state index contributed by atoms with van der Waals surface area (Å²) in [5, 5.41) is 3.05. The largest absolute Gasteiger partial charge is 0.495 e. The van der Waals surface area contributed by atoms with Crippen LogP contribution in [0.4, 0.5) is 11.4 Å². The molecule has 168 valence electrons. The number of ether oxygens (including phenoxy) is 2. The molecular weight excluding hydrogens is 452 g/mol. The first kappa shape index (κ1) is 23.4. The highest BCUT2D eigenvalue weighted by Crippen LogP contribution is 2.27. The van der Waals surface area contributed by atoms with E-state index in [0.29, 0.717) is 33.5 Å². The molecule has 2 N–H and O–H groups in total. The smallest absolute Gasteiger partial charge is 0.262 e. The topological polar surface area (TPSA) is 93.7 Å². The summed E-state index contributed by atoms with van der Waals surface area (Å²) >= 11 is 6.05. The number of hydrogen-bond donors (Lipinski definition) is 2. The molecule has 0 spiro atoms. The minimum absolute atomic E-state index is 0.0975. The predicted molar refractivity (Wildman–Crippen MR) is 125 cm³/mol. The lowest BCUT2D eigenvalue weighted by Gasteiger charge is -2.13. The highest BCUT2D eigenvalue weighted by atomic mass is 35.5. The van der Waals surface area contributed by atoms with Crippen molar-refractivity contribution in [3.63, 3.8) is 0 Å². The molecule has 0 aliphatic rings. The zero-order chi connectivity index (χ0) is 23.3. The van der Waals surface area contributed by atoms with Gasteiger partial charge in [0.1, 0.15) is 11.5 Å². The molecule has 3 aromatic carbocycles. The summed E-state index contributed by atoms with van der Waals surface area (Å²) in [6, 6.07) is 16.4. The summed E-state index contributed by atoms with van der Waals surface area (Å²) < 4.78 is 38.5. The zero-order valence-electron chi connectivity index (χ0n) is 17.8. The SMILES string of the molecule is COc1ccc(NC(=O)COc2ccc(S(=O)(=O)Nc3ccc(C)cc3)cc2C)cc1Cl. The number of methoxy groups -OCH3 is 1. The van der Waals surface area contributed by atoms with Crippen molar-refractivity contribution < 1.29 is 22.7 Å². The summed E-state index contributed by atoms with van der Waals surface area (Å²) in [6.45, 7) is 3.38. The van der Waals surface area contributed by atoms with E-state index in [-0.39, 0.29) is 17.4 Å². The van der Waals surface area contributed by atoms with Crippen LogP contribution in [0.5, 0.6) is 11.5 Å². The minimum atomic E-state index is -3.75. The van der Waals surface area contributed by atoms with Gasteiger partial charge in [-0.2, -0.15) is 0 Å². The highest BCUT2D eigenvalue weighted by Gasteiger charge is 2.16. The number of carbonyl (C=O) groups is 1. The Bertz CT molecular complexity index is 1230. The number of hydrogen-bond acceptors (Lipinski definition) is 5. The molecule has 32 heavy (non-hydrogen) atoms. The number of rotatable bonds is 8. The molecule has 0 aliphatic carbocycles. The number of halogens is 1. The number of benzene rings is 3. The Kier molecular flexibility index (Phi) is 7.27. The number of sulfonamides is 1. The first-order valence-corrected chi connectivity index (χ1v) is 11.5. The molecule has 0 atom stereocenters. The Morgan fingerprint density at radius 1 is 0.938 bits per heavy atom. The molecule has 1 amide bonds. The second-order valence-electron chi connectivity index (χ2n) is 7.09. The van der Waals surface area contributed by atoms with Crippen LogP contribution in [0.1, 0.15) is 11.1 Å². The molecule has 0 aromatic heterocycles. The second-order valence-corrected chi connectivity index (χ2v) is 9.17. The first-order chi connectivity index (χ1) is 15.2. The predicted octanol–water partition coefficient (Wildman–Crippen LogP) is 4.78. The van der Waals surface area contributed by atoms with E-state index in [1.807, 2.05) is 19.1 Å². The summed E-state index contributed by atoms with van der Waals surface area (Å²) in [7, 11) is -2.25. The van der Waals surface area contributed by atoms with E-state index in [0.717, 1.165) is 5.56 Å². The van der Waals surface area contributed by atoms with Gasteiger partial charge in [-0.25, -0.2) is 8.42 Å². The Morgan fingerprint density at radius 2 is 1.59 bits per heavy atom. The third kappa shape index (κ3) is 5.93. The molecule has 0 unspecified atom stereocenters. The fourth-order valence-electron chi connectivity index (χ4n) is 2.87. The van der Waals surface area contributed by atoms with Crippen LogP contribution in [0.15, 0.2) is 65.6 Å². The maximum Gasteiger partial charge on any atom is 0.262 e. The number of anilines is 2. The quantitative estimate of drug-likeness (QED) is 0.490. The monoisotopic (exact) mass is 474 g/mol. The van der Waals surface area contributed by atoms with Crippen molar-refractivity contribution in [1.82, 2.24) is 0 Å². The van der Waals surface area contributed by atoms with Gasteiger partial charge in [0.15, 0.2) is 6.61 Å². The van der Waals surface area contributed by atoms with Crippen LogP contribution in [-0.2, 0) is 14.8 Å². The summed E-state index contributed by atoms with van der Waals surface area (Å²) in [5.74, 6) is 0.522. The van der Waals surface area contributed by atoms with Crippen LogP contribution >= 0.6 is 11.6 Å². The van der Waals surface area contributed by atoms with Crippen LogP contribution in [-0.4, -0.2) is 28.0 Å². The Morgan fingerprint density at radius 3 is 2.22 bits per heavy atom. The fourth-order valence-corrected chi connectivity index (χ4v) is 4.27. The second kappa shape index (κ2) is 9.93. The van der Waals surface area contributed by atoms with Crippen molar-refractivity contribution in [1.29, 1.82) is 0 Å². The molecule has 0 fully saturated rings. The third-order valence-electron chi connectivity index (χ3n) is 4.55. The van der Waals surface area contributed by atoms with E-state index in [4.69, 9.17) is 21.1 Å². The summed E-state index contributed by atoms with van der Waals surface area (Å²) in [4.78, 5) is 12.3. The van der Waals surface area contributed by atoms with Gasteiger partial charge in [-0.3, -0.25) is 9.52 Å². The molecule has 0 radical (unpaired) electrons. The van der Waals surface area contributed by atoms with Gasteiger partial charge in [0.05, 0.1) is 17.0 Å². The van der Waals surface area contributed by atoms with Crippen LogP contribution in [0.25, 0.3) is 0 Å². The number of aryl methyl sites for hydroxylation is 2. The van der Waals surface area contributed by atoms with Gasteiger partial charge in [-0.1, -0.05) is 29.3 Å². The fraction of sp³-hybridized carbons (Fsp3) is 0.174. The van der Waals surface area contributed by atoms with Gasteiger partial charge in [0, 0.05) is 11.4 Å².